The third kappa shape index (κ3) is 4.95. The minimum Gasteiger partial charge on any atom is -0.341 e. The van der Waals surface area contributed by atoms with Crippen molar-refractivity contribution in [2.24, 2.45) is 0 Å². The number of carbonyl (C=O) groups is 1. The number of nitrogens with zero attached hydrogens (tertiary/aromatic N) is 3. The van der Waals surface area contributed by atoms with Crippen molar-refractivity contribution >= 4 is 17.7 Å². The molecule has 0 aliphatic carbocycles. The van der Waals surface area contributed by atoms with Crippen LogP contribution in [-0.4, -0.2) is 33.4 Å². The number of thioether (sulfide) groups is 1. The van der Waals surface area contributed by atoms with Gasteiger partial charge in [0, 0.05) is 42.4 Å². The van der Waals surface area contributed by atoms with Crippen molar-refractivity contribution in [2.75, 3.05) is 12.8 Å². The highest BCUT2D eigenvalue weighted by Crippen LogP contribution is 2.19. The van der Waals surface area contributed by atoms with Crippen molar-refractivity contribution in [1.82, 2.24) is 14.7 Å². The van der Waals surface area contributed by atoms with Gasteiger partial charge in [-0.05, 0) is 36.4 Å². The number of aromatic nitrogens is 2. The number of hydrogen-bond acceptors (Lipinski definition) is 3. The molecule has 0 saturated heterocycles. The summed E-state index contributed by atoms with van der Waals surface area (Å²) < 4.78 is 14.7. The Morgan fingerprint density at radius 2 is 1.88 bits per heavy atom. The van der Waals surface area contributed by atoms with Crippen LogP contribution in [0.1, 0.15) is 12.0 Å². The van der Waals surface area contributed by atoms with E-state index in [1.807, 2.05) is 36.5 Å². The number of hydrogen-bond donors (Lipinski definition) is 0. The molecule has 0 spiro atoms. The van der Waals surface area contributed by atoms with Crippen molar-refractivity contribution in [2.45, 2.75) is 17.9 Å². The van der Waals surface area contributed by atoms with Crippen LogP contribution in [0.5, 0.6) is 0 Å². The first-order chi connectivity index (χ1) is 12.6. The zero-order valence-electron chi connectivity index (χ0n) is 14.5. The fourth-order valence-corrected chi connectivity index (χ4v) is 3.34. The van der Waals surface area contributed by atoms with Crippen molar-refractivity contribution in [3.63, 3.8) is 0 Å². The highest BCUT2D eigenvalue weighted by atomic mass is 32.2. The second-order valence-electron chi connectivity index (χ2n) is 5.93. The van der Waals surface area contributed by atoms with Crippen LogP contribution in [0.2, 0.25) is 0 Å². The number of amides is 1. The minimum atomic E-state index is -0.249. The quantitative estimate of drug-likeness (QED) is 0.587. The van der Waals surface area contributed by atoms with Crippen molar-refractivity contribution in [1.29, 1.82) is 0 Å². The SMILES string of the molecule is CN(Cc1cnn(-c2ccccc2)c1)C(=O)CCSc1ccc(F)cc1. The van der Waals surface area contributed by atoms with E-state index in [2.05, 4.69) is 5.10 Å². The monoisotopic (exact) mass is 369 g/mol. The van der Waals surface area contributed by atoms with Crippen LogP contribution in [0.4, 0.5) is 4.39 Å². The highest BCUT2D eigenvalue weighted by molar-refractivity contribution is 7.99. The lowest BCUT2D eigenvalue weighted by molar-refractivity contribution is -0.129. The van der Waals surface area contributed by atoms with Gasteiger partial charge in [0.1, 0.15) is 5.82 Å². The average Bonchev–Trinajstić information content (AvgIpc) is 3.12. The highest BCUT2D eigenvalue weighted by Gasteiger charge is 2.11. The molecule has 1 aromatic heterocycles. The number of halogens is 1. The normalized spacial score (nSPS) is 10.7. The molecular formula is C20H20FN3OS. The molecule has 0 aliphatic heterocycles. The van der Waals surface area contributed by atoms with E-state index in [0.29, 0.717) is 18.7 Å². The molecule has 0 aliphatic rings. The Morgan fingerprint density at radius 3 is 2.62 bits per heavy atom. The van der Waals surface area contributed by atoms with Gasteiger partial charge >= 0.3 is 0 Å². The van der Waals surface area contributed by atoms with Crippen molar-refractivity contribution < 1.29 is 9.18 Å². The summed E-state index contributed by atoms with van der Waals surface area (Å²) >= 11 is 1.55. The molecule has 2 aromatic carbocycles. The fourth-order valence-electron chi connectivity index (χ4n) is 2.50. The summed E-state index contributed by atoms with van der Waals surface area (Å²) in [6.45, 7) is 0.521. The van der Waals surface area contributed by atoms with Crippen molar-refractivity contribution in [3.05, 3.63) is 78.4 Å². The third-order valence-corrected chi connectivity index (χ3v) is 4.91. The van der Waals surface area contributed by atoms with E-state index in [1.54, 1.807) is 46.7 Å². The Labute approximate surface area is 156 Å². The molecule has 0 atom stereocenters. The molecule has 4 nitrogen and oxygen atoms in total. The van der Waals surface area contributed by atoms with Gasteiger partial charge in [-0.25, -0.2) is 9.07 Å². The number of rotatable bonds is 7. The summed E-state index contributed by atoms with van der Waals surface area (Å²) in [4.78, 5) is 15.0. The van der Waals surface area contributed by atoms with Gasteiger partial charge in [0.25, 0.3) is 0 Å². The van der Waals surface area contributed by atoms with Crippen LogP contribution >= 0.6 is 11.8 Å². The molecule has 0 bridgehead atoms. The smallest absolute Gasteiger partial charge is 0.223 e. The van der Waals surface area contributed by atoms with Gasteiger partial charge in [-0.15, -0.1) is 11.8 Å². The minimum absolute atomic E-state index is 0.0760. The van der Waals surface area contributed by atoms with Crippen LogP contribution in [-0.2, 0) is 11.3 Å². The predicted molar refractivity (Wildman–Crippen MR) is 102 cm³/mol. The Balaban J connectivity index is 1.48. The van der Waals surface area contributed by atoms with E-state index < -0.39 is 0 Å². The van der Waals surface area contributed by atoms with Crippen molar-refractivity contribution in [3.8, 4) is 5.69 Å². The molecule has 0 unspecified atom stereocenters. The lowest BCUT2D eigenvalue weighted by Crippen LogP contribution is -2.26. The molecule has 0 fully saturated rings. The first-order valence-corrected chi connectivity index (χ1v) is 9.32. The Kier molecular flexibility index (Phi) is 6.07. The zero-order valence-corrected chi connectivity index (χ0v) is 15.3. The number of carbonyl (C=O) groups excluding carboxylic acids is 1. The largest absolute Gasteiger partial charge is 0.341 e. The second-order valence-corrected chi connectivity index (χ2v) is 7.10. The van der Waals surface area contributed by atoms with Crippen LogP contribution < -0.4 is 0 Å². The van der Waals surface area contributed by atoms with Gasteiger partial charge in [-0.1, -0.05) is 18.2 Å². The van der Waals surface area contributed by atoms with E-state index >= 15 is 0 Å². The molecular weight excluding hydrogens is 349 g/mol. The molecule has 3 rings (SSSR count). The van der Waals surface area contributed by atoms with E-state index in [-0.39, 0.29) is 11.7 Å². The van der Waals surface area contributed by atoms with E-state index in [9.17, 15) is 9.18 Å². The third-order valence-electron chi connectivity index (χ3n) is 3.90. The maximum absolute atomic E-state index is 12.9. The van der Waals surface area contributed by atoms with Gasteiger partial charge in [-0.3, -0.25) is 4.79 Å². The molecule has 3 aromatic rings. The number of para-hydroxylation sites is 1. The number of benzene rings is 2. The van der Waals surface area contributed by atoms with E-state index in [0.717, 1.165) is 16.1 Å². The molecule has 6 heteroatoms. The van der Waals surface area contributed by atoms with Gasteiger partial charge in [0.2, 0.25) is 5.91 Å². The van der Waals surface area contributed by atoms with Gasteiger partial charge < -0.3 is 4.90 Å². The standard InChI is InChI=1S/C20H20FN3OS/c1-23(20(25)11-12-26-19-9-7-17(21)8-10-19)14-16-13-22-24(15-16)18-5-3-2-4-6-18/h2-10,13,15H,11-12,14H2,1H3. The molecule has 0 saturated carbocycles. The fraction of sp³-hybridized carbons (Fsp3) is 0.200. The first kappa shape index (κ1) is 18.2. The summed E-state index contributed by atoms with van der Waals surface area (Å²) in [5.74, 6) is 0.492. The summed E-state index contributed by atoms with van der Waals surface area (Å²) in [6.07, 6.45) is 4.15. The van der Waals surface area contributed by atoms with Gasteiger partial charge in [-0.2, -0.15) is 5.10 Å². The molecule has 1 amide bonds. The topological polar surface area (TPSA) is 38.1 Å². The maximum Gasteiger partial charge on any atom is 0.223 e. The lowest BCUT2D eigenvalue weighted by atomic mass is 10.3. The summed E-state index contributed by atoms with van der Waals surface area (Å²) in [5, 5.41) is 4.35. The van der Waals surface area contributed by atoms with Gasteiger partial charge in [0.05, 0.1) is 11.9 Å². The molecule has 134 valence electrons. The summed E-state index contributed by atoms with van der Waals surface area (Å²) in [6, 6.07) is 16.2. The predicted octanol–water partition coefficient (Wildman–Crippen LogP) is 4.15. The van der Waals surface area contributed by atoms with E-state index in [4.69, 9.17) is 0 Å². The molecule has 0 N–H and O–H groups in total. The second kappa shape index (κ2) is 8.67. The van der Waals surface area contributed by atoms with Crippen LogP contribution in [0.3, 0.4) is 0 Å². The zero-order chi connectivity index (χ0) is 18.4. The molecule has 26 heavy (non-hydrogen) atoms. The van der Waals surface area contributed by atoms with Gasteiger partial charge in [0.15, 0.2) is 0 Å². The lowest BCUT2D eigenvalue weighted by Gasteiger charge is -2.16. The van der Waals surface area contributed by atoms with Crippen LogP contribution in [0, 0.1) is 5.82 Å². The van der Waals surface area contributed by atoms with Crippen LogP contribution in [0.25, 0.3) is 5.69 Å². The maximum atomic E-state index is 12.9. The average molecular weight is 369 g/mol. The Morgan fingerprint density at radius 1 is 1.15 bits per heavy atom. The molecule has 1 heterocycles. The van der Waals surface area contributed by atoms with Crippen LogP contribution in [0.15, 0.2) is 71.9 Å². The summed E-state index contributed by atoms with van der Waals surface area (Å²) in [5.41, 5.74) is 1.97. The Bertz CT molecular complexity index is 849. The van der Waals surface area contributed by atoms with E-state index in [1.165, 1.54) is 12.1 Å². The Hall–Kier alpha value is -2.60. The summed E-state index contributed by atoms with van der Waals surface area (Å²) in [7, 11) is 1.80. The first-order valence-electron chi connectivity index (χ1n) is 8.33. The molecule has 0 radical (unpaired) electrons.